The maximum Gasteiger partial charge on any atom is 0.141 e. The van der Waals surface area contributed by atoms with Gasteiger partial charge in [0.05, 0.1) is 21.2 Å². The SMILES string of the molecule is CCc1cc(Br)cc2ncnc(Nc3ccc4ncsc4c3)c12. The molecule has 0 aliphatic heterocycles. The summed E-state index contributed by atoms with van der Waals surface area (Å²) in [6.45, 7) is 2.14. The van der Waals surface area contributed by atoms with E-state index in [1.165, 1.54) is 5.56 Å². The van der Waals surface area contributed by atoms with Crippen LogP contribution in [-0.2, 0) is 6.42 Å². The van der Waals surface area contributed by atoms with Crippen LogP contribution in [-0.4, -0.2) is 15.0 Å². The van der Waals surface area contributed by atoms with Crippen LogP contribution in [0.2, 0.25) is 0 Å². The predicted octanol–water partition coefficient (Wildman–Crippen LogP) is 5.31. The van der Waals surface area contributed by atoms with Crippen LogP contribution in [0, 0.1) is 0 Å². The highest BCUT2D eigenvalue weighted by atomic mass is 79.9. The number of aryl methyl sites for hydroxylation is 1. The first-order valence-electron chi connectivity index (χ1n) is 7.28. The number of rotatable bonds is 3. The molecule has 23 heavy (non-hydrogen) atoms. The molecule has 0 aliphatic rings. The Balaban J connectivity index is 1.84. The van der Waals surface area contributed by atoms with Crippen LogP contribution >= 0.6 is 27.3 Å². The van der Waals surface area contributed by atoms with Crippen molar-refractivity contribution in [3.63, 3.8) is 0 Å². The van der Waals surface area contributed by atoms with Gasteiger partial charge in [-0.1, -0.05) is 22.9 Å². The third-order valence-electron chi connectivity index (χ3n) is 3.76. The van der Waals surface area contributed by atoms with Gasteiger partial charge in [0, 0.05) is 15.5 Å². The van der Waals surface area contributed by atoms with Crippen molar-refractivity contribution >= 4 is 59.9 Å². The van der Waals surface area contributed by atoms with Gasteiger partial charge in [-0.05, 0) is 42.3 Å². The van der Waals surface area contributed by atoms with Crippen LogP contribution in [0.1, 0.15) is 12.5 Å². The summed E-state index contributed by atoms with van der Waals surface area (Å²) in [7, 11) is 0. The molecule has 0 radical (unpaired) electrons. The minimum absolute atomic E-state index is 0.836. The van der Waals surface area contributed by atoms with E-state index in [1.54, 1.807) is 17.7 Å². The minimum Gasteiger partial charge on any atom is -0.340 e. The molecule has 0 amide bonds. The maximum absolute atomic E-state index is 4.46. The topological polar surface area (TPSA) is 50.7 Å². The van der Waals surface area contributed by atoms with Crippen LogP contribution < -0.4 is 5.32 Å². The van der Waals surface area contributed by atoms with Crippen molar-refractivity contribution < 1.29 is 0 Å². The van der Waals surface area contributed by atoms with Gasteiger partial charge in [-0.2, -0.15) is 0 Å². The number of fused-ring (bicyclic) bond motifs is 2. The quantitative estimate of drug-likeness (QED) is 0.519. The molecule has 2 heterocycles. The van der Waals surface area contributed by atoms with E-state index in [0.29, 0.717) is 0 Å². The molecular weight excluding hydrogens is 372 g/mol. The van der Waals surface area contributed by atoms with Gasteiger partial charge < -0.3 is 5.32 Å². The lowest BCUT2D eigenvalue weighted by molar-refractivity contribution is 1.14. The summed E-state index contributed by atoms with van der Waals surface area (Å²) in [5, 5.41) is 4.51. The largest absolute Gasteiger partial charge is 0.340 e. The van der Waals surface area contributed by atoms with Gasteiger partial charge in [-0.3, -0.25) is 0 Å². The molecule has 0 fully saturated rings. The standard InChI is InChI=1S/C17H13BrN4S/c1-2-10-5-11(18)6-14-16(10)17(20-8-19-14)22-12-3-4-13-15(7-12)23-9-21-13/h3-9H,2H2,1H3,(H,19,20,22). The van der Waals surface area contributed by atoms with Gasteiger partial charge >= 0.3 is 0 Å². The van der Waals surface area contributed by atoms with Gasteiger partial charge in [0.25, 0.3) is 0 Å². The molecule has 2 aromatic carbocycles. The van der Waals surface area contributed by atoms with Gasteiger partial charge in [0.1, 0.15) is 12.1 Å². The Morgan fingerprint density at radius 2 is 2.00 bits per heavy atom. The summed E-state index contributed by atoms with van der Waals surface area (Å²) in [4.78, 5) is 13.2. The van der Waals surface area contributed by atoms with Gasteiger partial charge in [0.2, 0.25) is 0 Å². The third kappa shape index (κ3) is 2.68. The van der Waals surface area contributed by atoms with E-state index in [-0.39, 0.29) is 0 Å². The zero-order valence-corrected chi connectivity index (χ0v) is 14.8. The first-order valence-corrected chi connectivity index (χ1v) is 8.95. The molecule has 0 bridgehead atoms. The third-order valence-corrected chi connectivity index (χ3v) is 5.01. The van der Waals surface area contributed by atoms with Gasteiger partial charge in [0.15, 0.2) is 0 Å². The monoisotopic (exact) mass is 384 g/mol. The summed E-state index contributed by atoms with van der Waals surface area (Å²) in [6, 6.07) is 10.3. The van der Waals surface area contributed by atoms with Crippen molar-refractivity contribution in [3.05, 3.63) is 52.2 Å². The zero-order chi connectivity index (χ0) is 15.8. The highest BCUT2D eigenvalue weighted by Gasteiger charge is 2.10. The second-order valence-corrected chi connectivity index (χ2v) is 7.00. The van der Waals surface area contributed by atoms with E-state index in [9.17, 15) is 0 Å². The summed E-state index contributed by atoms with van der Waals surface area (Å²) in [5.41, 5.74) is 6.04. The molecule has 4 aromatic rings. The lowest BCUT2D eigenvalue weighted by Gasteiger charge is -2.12. The molecule has 0 saturated carbocycles. The number of nitrogens with zero attached hydrogens (tertiary/aromatic N) is 3. The lowest BCUT2D eigenvalue weighted by atomic mass is 10.1. The number of halogens is 1. The van der Waals surface area contributed by atoms with E-state index in [2.05, 4.69) is 55.3 Å². The maximum atomic E-state index is 4.46. The van der Waals surface area contributed by atoms with Gasteiger partial charge in [-0.15, -0.1) is 11.3 Å². The number of benzene rings is 2. The Hall–Kier alpha value is -2.05. The van der Waals surface area contributed by atoms with E-state index in [4.69, 9.17) is 0 Å². The predicted molar refractivity (Wildman–Crippen MR) is 99.5 cm³/mol. The van der Waals surface area contributed by atoms with Crippen LogP contribution in [0.15, 0.2) is 46.6 Å². The number of anilines is 2. The van der Waals surface area contributed by atoms with E-state index in [1.807, 2.05) is 23.7 Å². The number of aromatic nitrogens is 3. The second-order valence-electron chi connectivity index (χ2n) is 5.19. The summed E-state index contributed by atoms with van der Waals surface area (Å²) in [6.07, 6.45) is 2.52. The Kier molecular flexibility index (Phi) is 3.71. The Bertz CT molecular complexity index is 1010. The summed E-state index contributed by atoms with van der Waals surface area (Å²) in [5.74, 6) is 0.836. The Morgan fingerprint density at radius 1 is 1.09 bits per heavy atom. The van der Waals surface area contributed by atoms with Crippen molar-refractivity contribution in [1.82, 2.24) is 15.0 Å². The van der Waals surface area contributed by atoms with Crippen molar-refractivity contribution in [1.29, 1.82) is 0 Å². The highest BCUT2D eigenvalue weighted by Crippen LogP contribution is 2.31. The molecule has 0 spiro atoms. The molecule has 114 valence electrons. The molecular formula is C17H13BrN4S. The lowest BCUT2D eigenvalue weighted by Crippen LogP contribution is -1.98. The normalized spacial score (nSPS) is 11.2. The fourth-order valence-corrected chi connectivity index (χ4v) is 3.89. The summed E-state index contributed by atoms with van der Waals surface area (Å²) >= 11 is 5.19. The fraction of sp³-hybridized carbons (Fsp3) is 0.118. The van der Waals surface area contributed by atoms with Crippen molar-refractivity contribution in [2.75, 3.05) is 5.32 Å². The molecule has 4 nitrogen and oxygen atoms in total. The van der Waals surface area contributed by atoms with E-state index < -0.39 is 0 Å². The van der Waals surface area contributed by atoms with Crippen molar-refractivity contribution in [2.45, 2.75) is 13.3 Å². The van der Waals surface area contributed by atoms with Crippen LogP contribution in [0.25, 0.3) is 21.1 Å². The van der Waals surface area contributed by atoms with Crippen molar-refractivity contribution in [3.8, 4) is 0 Å². The number of hydrogen-bond donors (Lipinski definition) is 1. The van der Waals surface area contributed by atoms with Crippen LogP contribution in [0.4, 0.5) is 11.5 Å². The molecule has 4 rings (SSSR count). The molecule has 0 unspecified atom stereocenters. The second kappa shape index (κ2) is 5.86. The van der Waals surface area contributed by atoms with Crippen LogP contribution in [0.5, 0.6) is 0 Å². The Morgan fingerprint density at radius 3 is 2.87 bits per heavy atom. The average molecular weight is 385 g/mol. The molecule has 1 N–H and O–H groups in total. The highest BCUT2D eigenvalue weighted by molar-refractivity contribution is 9.10. The molecule has 0 aliphatic carbocycles. The average Bonchev–Trinajstić information content (AvgIpc) is 3.01. The number of nitrogens with one attached hydrogen (secondary N) is 1. The molecule has 0 atom stereocenters. The Labute approximate surface area is 145 Å². The summed E-state index contributed by atoms with van der Waals surface area (Å²) < 4.78 is 2.20. The van der Waals surface area contributed by atoms with Gasteiger partial charge in [-0.25, -0.2) is 15.0 Å². The first-order chi connectivity index (χ1) is 11.2. The zero-order valence-electron chi connectivity index (χ0n) is 12.4. The van der Waals surface area contributed by atoms with Crippen LogP contribution in [0.3, 0.4) is 0 Å². The smallest absolute Gasteiger partial charge is 0.141 e. The van der Waals surface area contributed by atoms with Crippen molar-refractivity contribution in [2.24, 2.45) is 0 Å². The minimum atomic E-state index is 0.836. The fourth-order valence-electron chi connectivity index (χ4n) is 2.68. The first kappa shape index (κ1) is 14.5. The molecule has 0 saturated heterocycles. The molecule has 2 aromatic heterocycles. The van der Waals surface area contributed by atoms with E-state index >= 15 is 0 Å². The number of hydrogen-bond acceptors (Lipinski definition) is 5. The number of thiazole rings is 1. The molecule has 6 heteroatoms. The van der Waals surface area contributed by atoms with E-state index in [0.717, 1.165) is 43.5 Å².